The maximum atomic E-state index is 5.97. The highest BCUT2D eigenvalue weighted by Crippen LogP contribution is 2.27. The van der Waals surface area contributed by atoms with Gasteiger partial charge in [-0.2, -0.15) is 11.8 Å². The first-order valence-corrected chi connectivity index (χ1v) is 7.86. The molecule has 0 aliphatic carbocycles. The van der Waals surface area contributed by atoms with E-state index in [0.29, 0.717) is 17.8 Å². The zero-order chi connectivity index (χ0) is 12.3. The van der Waals surface area contributed by atoms with Crippen molar-refractivity contribution < 1.29 is 0 Å². The summed E-state index contributed by atoms with van der Waals surface area (Å²) in [6, 6.07) is 8.87. The van der Waals surface area contributed by atoms with Crippen LogP contribution in [0.1, 0.15) is 18.5 Å². The molecule has 4 heteroatoms. The van der Waals surface area contributed by atoms with Crippen LogP contribution in [0.4, 0.5) is 0 Å². The Morgan fingerprint density at radius 1 is 1.59 bits per heavy atom. The molecule has 1 aliphatic rings. The predicted molar refractivity (Wildman–Crippen MR) is 79.4 cm³/mol. The molecule has 2 rings (SSSR count). The molecular weight excluding hydrogens is 296 g/mol. The first-order chi connectivity index (χ1) is 8.20. The van der Waals surface area contributed by atoms with Crippen molar-refractivity contribution in [1.82, 2.24) is 4.90 Å². The summed E-state index contributed by atoms with van der Waals surface area (Å²) in [6.45, 7) is 5.27. The maximum Gasteiger partial charge on any atom is 0.0471 e. The van der Waals surface area contributed by atoms with Gasteiger partial charge in [0.15, 0.2) is 0 Å². The molecule has 1 fully saturated rings. The zero-order valence-corrected chi connectivity index (χ0v) is 12.5. The molecule has 1 aromatic rings. The smallest absolute Gasteiger partial charge is 0.0471 e. The van der Waals surface area contributed by atoms with Gasteiger partial charge in [0.25, 0.3) is 0 Å². The normalized spacial score (nSPS) is 23.6. The molecule has 94 valence electrons. The van der Waals surface area contributed by atoms with Crippen molar-refractivity contribution in [2.24, 2.45) is 5.73 Å². The molecule has 2 nitrogen and oxygen atoms in total. The van der Waals surface area contributed by atoms with Crippen LogP contribution in [0, 0.1) is 0 Å². The van der Waals surface area contributed by atoms with Crippen LogP contribution >= 0.6 is 27.7 Å². The molecule has 2 N–H and O–H groups in total. The summed E-state index contributed by atoms with van der Waals surface area (Å²) in [7, 11) is 0. The average Bonchev–Trinajstić information content (AvgIpc) is 2.30. The van der Waals surface area contributed by atoms with Crippen LogP contribution in [0.25, 0.3) is 0 Å². The number of rotatable bonds is 3. The Morgan fingerprint density at radius 3 is 3.06 bits per heavy atom. The van der Waals surface area contributed by atoms with E-state index in [1.807, 2.05) is 0 Å². The van der Waals surface area contributed by atoms with E-state index in [4.69, 9.17) is 5.73 Å². The quantitative estimate of drug-likeness (QED) is 0.930. The van der Waals surface area contributed by atoms with Crippen LogP contribution in [0.5, 0.6) is 0 Å². The number of halogens is 1. The zero-order valence-electron chi connectivity index (χ0n) is 10.1. The van der Waals surface area contributed by atoms with Gasteiger partial charge in [0.05, 0.1) is 0 Å². The molecule has 0 amide bonds. The van der Waals surface area contributed by atoms with Crippen LogP contribution in [0.15, 0.2) is 28.7 Å². The summed E-state index contributed by atoms with van der Waals surface area (Å²) < 4.78 is 1.13. The Bertz CT molecular complexity index is 372. The van der Waals surface area contributed by atoms with Crippen molar-refractivity contribution in [3.05, 3.63) is 34.3 Å². The molecule has 0 spiro atoms. The van der Waals surface area contributed by atoms with Crippen LogP contribution in [0.2, 0.25) is 0 Å². The SMILES string of the molecule is CC1CN(C(CN)c2cccc(Br)c2)CCS1. The number of benzene rings is 1. The number of thioether (sulfide) groups is 1. The van der Waals surface area contributed by atoms with Crippen LogP contribution < -0.4 is 5.73 Å². The minimum Gasteiger partial charge on any atom is -0.329 e. The lowest BCUT2D eigenvalue weighted by Crippen LogP contribution is -2.42. The van der Waals surface area contributed by atoms with Crippen molar-refractivity contribution in [3.8, 4) is 0 Å². The standard InChI is InChI=1S/C13H19BrN2S/c1-10-9-16(5-6-17-10)13(8-15)11-3-2-4-12(14)7-11/h2-4,7,10,13H,5-6,8-9,15H2,1H3. The van der Waals surface area contributed by atoms with Crippen molar-refractivity contribution in [2.75, 3.05) is 25.4 Å². The topological polar surface area (TPSA) is 29.3 Å². The third-order valence-corrected chi connectivity index (χ3v) is 4.80. The number of hydrogen-bond donors (Lipinski definition) is 1. The molecule has 0 radical (unpaired) electrons. The van der Waals surface area contributed by atoms with Gasteiger partial charge in [-0.15, -0.1) is 0 Å². The monoisotopic (exact) mass is 314 g/mol. The fraction of sp³-hybridized carbons (Fsp3) is 0.538. The van der Waals surface area contributed by atoms with Gasteiger partial charge in [-0.25, -0.2) is 0 Å². The molecule has 17 heavy (non-hydrogen) atoms. The Balaban J connectivity index is 2.15. The van der Waals surface area contributed by atoms with E-state index in [0.717, 1.165) is 17.6 Å². The van der Waals surface area contributed by atoms with Crippen LogP contribution in [-0.2, 0) is 0 Å². The second-order valence-corrected chi connectivity index (χ2v) is 6.94. The highest BCUT2D eigenvalue weighted by Gasteiger charge is 2.24. The predicted octanol–water partition coefficient (Wildman–Crippen LogP) is 2.89. The summed E-state index contributed by atoms with van der Waals surface area (Å²) in [5.74, 6) is 1.21. The van der Waals surface area contributed by atoms with Gasteiger partial charge < -0.3 is 5.73 Å². The number of nitrogens with two attached hydrogens (primary N) is 1. The molecule has 2 atom stereocenters. The molecule has 1 aliphatic heterocycles. The molecule has 2 unspecified atom stereocenters. The van der Waals surface area contributed by atoms with E-state index < -0.39 is 0 Å². The van der Waals surface area contributed by atoms with E-state index in [1.165, 1.54) is 11.3 Å². The summed E-state index contributed by atoms with van der Waals surface area (Å²) in [6.07, 6.45) is 0. The van der Waals surface area contributed by atoms with E-state index in [2.05, 4.69) is 63.8 Å². The Morgan fingerprint density at radius 2 is 2.41 bits per heavy atom. The number of hydrogen-bond acceptors (Lipinski definition) is 3. The largest absolute Gasteiger partial charge is 0.329 e. The van der Waals surface area contributed by atoms with E-state index in [-0.39, 0.29) is 0 Å². The van der Waals surface area contributed by atoms with Gasteiger partial charge in [0, 0.05) is 41.2 Å². The third-order valence-electron chi connectivity index (χ3n) is 3.17. The Hall–Kier alpha value is -0.0300. The fourth-order valence-corrected chi connectivity index (χ4v) is 3.79. The second kappa shape index (κ2) is 6.23. The fourth-order valence-electron chi connectivity index (χ4n) is 2.34. The minimum atomic E-state index is 0.357. The van der Waals surface area contributed by atoms with Crippen molar-refractivity contribution in [3.63, 3.8) is 0 Å². The van der Waals surface area contributed by atoms with Gasteiger partial charge in [-0.1, -0.05) is 35.0 Å². The van der Waals surface area contributed by atoms with Crippen molar-refractivity contribution in [1.29, 1.82) is 0 Å². The summed E-state index contributed by atoms with van der Waals surface area (Å²) in [5, 5.41) is 0.713. The van der Waals surface area contributed by atoms with Gasteiger partial charge >= 0.3 is 0 Å². The molecule has 1 aromatic carbocycles. The lowest BCUT2D eigenvalue weighted by molar-refractivity contribution is 0.211. The van der Waals surface area contributed by atoms with Gasteiger partial charge in [-0.3, -0.25) is 4.90 Å². The third kappa shape index (κ3) is 3.47. The highest BCUT2D eigenvalue weighted by molar-refractivity contribution is 9.10. The molecule has 1 saturated heterocycles. The lowest BCUT2D eigenvalue weighted by Gasteiger charge is -2.36. The van der Waals surface area contributed by atoms with E-state index in [9.17, 15) is 0 Å². The molecular formula is C13H19BrN2S. The van der Waals surface area contributed by atoms with E-state index in [1.54, 1.807) is 0 Å². The lowest BCUT2D eigenvalue weighted by atomic mass is 10.1. The second-order valence-electron chi connectivity index (χ2n) is 4.48. The van der Waals surface area contributed by atoms with Gasteiger partial charge in [0.2, 0.25) is 0 Å². The van der Waals surface area contributed by atoms with Crippen LogP contribution in [0.3, 0.4) is 0 Å². The molecule has 0 bridgehead atoms. The average molecular weight is 315 g/mol. The van der Waals surface area contributed by atoms with Crippen molar-refractivity contribution in [2.45, 2.75) is 18.2 Å². The summed E-state index contributed by atoms with van der Waals surface area (Å²) >= 11 is 5.59. The number of nitrogens with zero attached hydrogens (tertiary/aromatic N) is 1. The summed E-state index contributed by atoms with van der Waals surface area (Å²) in [4.78, 5) is 2.52. The Kier molecular flexibility index (Phi) is 4.91. The molecule has 1 heterocycles. The Labute approximate surface area is 116 Å². The van der Waals surface area contributed by atoms with E-state index >= 15 is 0 Å². The van der Waals surface area contributed by atoms with Crippen LogP contribution in [-0.4, -0.2) is 35.5 Å². The van der Waals surface area contributed by atoms with Gasteiger partial charge in [-0.05, 0) is 17.7 Å². The maximum absolute atomic E-state index is 5.97. The molecule has 0 saturated carbocycles. The van der Waals surface area contributed by atoms with Crippen molar-refractivity contribution >= 4 is 27.7 Å². The van der Waals surface area contributed by atoms with Gasteiger partial charge in [0.1, 0.15) is 0 Å². The summed E-state index contributed by atoms with van der Waals surface area (Å²) in [5.41, 5.74) is 7.29. The first kappa shape index (κ1) is 13.4. The minimum absolute atomic E-state index is 0.357. The molecule has 0 aromatic heterocycles. The highest BCUT2D eigenvalue weighted by atomic mass is 79.9. The first-order valence-electron chi connectivity index (χ1n) is 6.02.